The van der Waals surface area contributed by atoms with E-state index in [1.54, 1.807) is 37.4 Å². The molecule has 162 valence electrons. The predicted molar refractivity (Wildman–Crippen MR) is 117 cm³/mol. The van der Waals surface area contributed by atoms with Crippen LogP contribution in [0.4, 0.5) is 11.5 Å². The normalized spacial score (nSPS) is 14.6. The molecule has 8 nitrogen and oxygen atoms in total. The fourth-order valence-electron chi connectivity index (χ4n) is 3.39. The van der Waals surface area contributed by atoms with Crippen LogP contribution in [0.15, 0.2) is 41.4 Å². The average Bonchev–Trinajstić information content (AvgIpc) is 2.75. The second-order valence-electron chi connectivity index (χ2n) is 7.26. The van der Waals surface area contributed by atoms with E-state index in [-0.39, 0.29) is 16.6 Å². The summed E-state index contributed by atoms with van der Waals surface area (Å²) in [5.74, 6) is 0.572. The van der Waals surface area contributed by atoms with E-state index in [0.29, 0.717) is 23.7 Å². The first-order chi connectivity index (χ1) is 14.3. The van der Waals surface area contributed by atoms with E-state index in [1.807, 2.05) is 0 Å². The molecule has 0 radical (unpaired) electrons. The summed E-state index contributed by atoms with van der Waals surface area (Å²) >= 11 is 0. The fourth-order valence-corrected chi connectivity index (χ4v) is 4.44. The Morgan fingerprint density at radius 2 is 1.93 bits per heavy atom. The Kier molecular flexibility index (Phi) is 6.94. The van der Waals surface area contributed by atoms with E-state index in [1.165, 1.54) is 26.6 Å². The van der Waals surface area contributed by atoms with E-state index < -0.39 is 10.0 Å². The highest BCUT2D eigenvalue weighted by molar-refractivity contribution is 7.89. The second-order valence-corrected chi connectivity index (χ2v) is 9.38. The van der Waals surface area contributed by atoms with Gasteiger partial charge in [-0.25, -0.2) is 17.7 Å². The van der Waals surface area contributed by atoms with Crippen molar-refractivity contribution in [1.82, 2.24) is 9.29 Å². The molecule has 1 aliphatic rings. The summed E-state index contributed by atoms with van der Waals surface area (Å²) in [7, 11) is -0.831. The van der Waals surface area contributed by atoms with E-state index in [0.717, 1.165) is 30.2 Å². The Labute approximate surface area is 177 Å². The molecule has 3 rings (SSSR count). The number of nitrogens with zero attached hydrogens (tertiary/aromatic N) is 3. The lowest BCUT2D eigenvalue weighted by Gasteiger charge is -2.29. The zero-order chi connectivity index (χ0) is 21.7. The van der Waals surface area contributed by atoms with Crippen LogP contribution in [-0.2, 0) is 10.0 Å². The first kappa shape index (κ1) is 22.0. The van der Waals surface area contributed by atoms with Crippen LogP contribution in [0.3, 0.4) is 0 Å². The monoisotopic (exact) mass is 432 g/mol. The molecule has 0 unspecified atom stereocenters. The number of rotatable bonds is 7. The molecule has 2 aromatic rings. The van der Waals surface area contributed by atoms with Gasteiger partial charge in [-0.1, -0.05) is 0 Å². The molecule has 0 bridgehead atoms. The van der Waals surface area contributed by atoms with Crippen LogP contribution in [0.5, 0.6) is 5.75 Å². The number of ether oxygens (including phenoxy) is 1. The lowest BCUT2D eigenvalue weighted by molar-refractivity contribution is 0.102. The molecule has 9 heteroatoms. The van der Waals surface area contributed by atoms with Crippen LogP contribution in [0.25, 0.3) is 0 Å². The summed E-state index contributed by atoms with van der Waals surface area (Å²) in [4.78, 5) is 19.6. The second kappa shape index (κ2) is 9.44. The van der Waals surface area contributed by atoms with Gasteiger partial charge in [-0.15, -0.1) is 0 Å². The lowest BCUT2D eigenvalue weighted by atomic mass is 10.1. The van der Waals surface area contributed by atoms with Gasteiger partial charge in [0.25, 0.3) is 5.91 Å². The smallest absolute Gasteiger partial charge is 0.259 e. The number of carbonyl (C=O) groups is 1. The molecule has 1 aromatic heterocycles. The minimum absolute atomic E-state index is 0.00888. The third kappa shape index (κ3) is 4.73. The summed E-state index contributed by atoms with van der Waals surface area (Å²) in [5, 5.41) is 2.81. The Morgan fingerprint density at radius 3 is 2.60 bits per heavy atom. The zero-order valence-electron chi connectivity index (χ0n) is 17.6. The maximum Gasteiger partial charge on any atom is 0.259 e. The van der Waals surface area contributed by atoms with Crippen molar-refractivity contribution in [3.63, 3.8) is 0 Å². The number of nitrogens with one attached hydrogen (secondary N) is 1. The Bertz CT molecular complexity index is 1000. The Morgan fingerprint density at radius 1 is 1.20 bits per heavy atom. The molecule has 1 amide bonds. The van der Waals surface area contributed by atoms with Crippen molar-refractivity contribution in [2.75, 3.05) is 44.0 Å². The minimum atomic E-state index is -3.74. The number of hydrogen-bond acceptors (Lipinski definition) is 6. The summed E-state index contributed by atoms with van der Waals surface area (Å²) in [6, 6.07) is 8.08. The van der Waals surface area contributed by atoms with E-state index in [2.05, 4.69) is 15.2 Å². The Balaban J connectivity index is 1.91. The molecule has 0 saturated carbocycles. The van der Waals surface area contributed by atoms with E-state index in [4.69, 9.17) is 4.74 Å². The van der Waals surface area contributed by atoms with Crippen molar-refractivity contribution >= 4 is 27.4 Å². The van der Waals surface area contributed by atoms with Gasteiger partial charge in [-0.2, -0.15) is 0 Å². The number of pyridine rings is 1. The van der Waals surface area contributed by atoms with Gasteiger partial charge in [0.1, 0.15) is 16.5 Å². The van der Waals surface area contributed by atoms with Gasteiger partial charge in [-0.3, -0.25) is 4.79 Å². The van der Waals surface area contributed by atoms with Gasteiger partial charge >= 0.3 is 0 Å². The first-order valence-electron chi connectivity index (χ1n) is 10.0. The largest absolute Gasteiger partial charge is 0.492 e. The standard InChI is InChI=1S/C21H28N4O4S/c1-4-29-18-11-10-16(15-19(18)30(27,28)24(2)3)23-21(26)17-9-8-12-22-20(17)25-13-6-5-7-14-25/h8-12,15H,4-7,13-14H2,1-3H3,(H,23,26). The quantitative estimate of drug-likeness (QED) is 0.723. The van der Waals surface area contributed by atoms with Gasteiger partial charge in [0.2, 0.25) is 10.0 Å². The number of anilines is 2. The molecule has 0 aliphatic carbocycles. The van der Waals surface area contributed by atoms with Crippen LogP contribution >= 0.6 is 0 Å². The van der Waals surface area contributed by atoms with E-state index >= 15 is 0 Å². The molecule has 1 saturated heterocycles. The van der Waals surface area contributed by atoms with Crippen molar-refractivity contribution in [1.29, 1.82) is 0 Å². The molecule has 30 heavy (non-hydrogen) atoms. The summed E-state index contributed by atoms with van der Waals surface area (Å²) in [6.45, 7) is 3.85. The van der Waals surface area contributed by atoms with Gasteiger partial charge in [0, 0.05) is 39.1 Å². The van der Waals surface area contributed by atoms with Crippen LogP contribution in [-0.4, -0.2) is 57.4 Å². The average molecular weight is 433 g/mol. The number of piperidine rings is 1. The van der Waals surface area contributed by atoms with Gasteiger partial charge < -0.3 is 15.0 Å². The summed E-state index contributed by atoms with van der Waals surface area (Å²) < 4.78 is 32.0. The summed E-state index contributed by atoms with van der Waals surface area (Å²) in [5.41, 5.74) is 0.836. The topological polar surface area (TPSA) is 91.8 Å². The number of sulfonamides is 1. The highest BCUT2D eigenvalue weighted by Crippen LogP contribution is 2.30. The fraction of sp³-hybridized carbons (Fsp3) is 0.429. The molecule has 1 aliphatic heterocycles. The number of hydrogen-bond donors (Lipinski definition) is 1. The highest BCUT2D eigenvalue weighted by atomic mass is 32.2. The third-order valence-corrected chi connectivity index (χ3v) is 6.78. The van der Waals surface area contributed by atoms with Gasteiger partial charge in [-0.05, 0) is 56.5 Å². The summed E-state index contributed by atoms with van der Waals surface area (Å²) in [6.07, 6.45) is 5.00. The SMILES string of the molecule is CCOc1ccc(NC(=O)c2cccnc2N2CCCCC2)cc1S(=O)(=O)N(C)C. The molecular weight excluding hydrogens is 404 g/mol. The lowest BCUT2D eigenvalue weighted by Crippen LogP contribution is -2.32. The van der Waals surface area contributed by atoms with Crippen LogP contribution < -0.4 is 15.0 Å². The first-order valence-corrected chi connectivity index (χ1v) is 11.5. The molecule has 1 fully saturated rings. The van der Waals surface area contributed by atoms with Crippen LogP contribution in [0, 0.1) is 0 Å². The number of carbonyl (C=O) groups excluding carboxylic acids is 1. The van der Waals surface area contributed by atoms with Gasteiger partial charge in [0.05, 0.1) is 12.2 Å². The zero-order valence-corrected chi connectivity index (χ0v) is 18.4. The van der Waals surface area contributed by atoms with Gasteiger partial charge in [0.15, 0.2) is 0 Å². The van der Waals surface area contributed by atoms with Crippen molar-refractivity contribution in [3.05, 3.63) is 42.1 Å². The van der Waals surface area contributed by atoms with Crippen molar-refractivity contribution in [2.24, 2.45) is 0 Å². The molecule has 1 aromatic carbocycles. The third-order valence-electron chi connectivity index (χ3n) is 4.95. The maximum atomic E-state index is 13.0. The highest BCUT2D eigenvalue weighted by Gasteiger charge is 2.24. The maximum absolute atomic E-state index is 13.0. The molecule has 2 heterocycles. The van der Waals surface area contributed by atoms with Crippen LogP contribution in [0.2, 0.25) is 0 Å². The van der Waals surface area contributed by atoms with Crippen molar-refractivity contribution in [2.45, 2.75) is 31.1 Å². The Hall–Kier alpha value is -2.65. The van der Waals surface area contributed by atoms with Crippen molar-refractivity contribution in [3.8, 4) is 5.75 Å². The molecule has 0 atom stereocenters. The number of aromatic nitrogens is 1. The minimum Gasteiger partial charge on any atom is -0.492 e. The number of benzene rings is 1. The van der Waals surface area contributed by atoms with Crippen LogP contribution in [0.1, 0.15) is 36.5 Å². The predicted octanol–water partition coefficient (Wildman–Crippen LogP) is 2.97. The number of amides is 1. The van der Waals surface area contributed by atoms with Crippen molar-refractivity contribution < 1.29 is 17.9 Å². The molecule has 1 N–H and O–H groups in total. The van der Waals surface area contributed by atoms with E-state index in [9.17, 15) is 13.2 Å². The molecule has 0 spiro atoms. The molecular formula is C21H28N4O4S.